The smallest absolute Gasteiger partial charge is 0.129 e. The standard InChI is InChI=1S/C12H20N2O/c1-3-6-12-13-8-10-14(12)9-5-4-7-11(2)15/h8,10H,3-7,9H2,1-2H3. The van der Waals surface area contributed by atoms with E-state index >= 15 is 0 Å². The first kappa shape index (κ1) is 12.0. The minimum absolute atomic E-state index is 0.286. The highest BCUT2D eigenvalue weighted by Crippen LogP contribution is 2.05. The second kappa shape index (κ2) is 6.38. The summed E-state index contributed by atoms with van der Waals surface area (Å²) >= 11 is 0. The maximum absolute atomic E-state index is 10.8. The van der Waals surface area contributed by atoms with Gasteiger partial charge in [0.25, 0.3) is 0 Å². The number of carbonyl (C=O) groups excluding carboxylic acids is 1. The molecule has 0 atom stereocenters. The molecule has 15 heavy (non-hydrogen) atoms. The van der Waals surface area contributed by atoms with Crippen molar-refractivity contribution in [1.29, 1.82) is 0 Å². The van der Waals surface area contributed by atoms with Gasteiger partial charge in [-0.15, -0.1) is 0 Å². The Bertz CT molecular complexity index is 304. The first-order valence-corrected chi connectivity index (χ1v) is 5.73. The number of rotatable bonds is 7. The van der Waals surface area contributed by atoms with Gasteiger partial charge in [-0.3, -0.25) is 0 Å². The zero-order valence-corrected chi connectivity index (χ0v) is 9.70. The molecule has 0 aliphatic rings. The second-order valence-electron chi connectivity index (χ2n) is 3.95. The van der Waals surface area contributed by atoms with Crippen molar-refractivity contribution < 1.29 is 4.79 Å². The molecule has 0 unspecified atom stereocenters. The Labute approximate surface area is 91.5 Å². The van der Waals surface area contributed by atoms with Crippen LogP contribution in [0, 0.1) is 0 Å². The highest BCUT2D eigenvalue weighted by atomic mass is 16.1. The Morgan fingerprint density at radius 2 is 2.27 bits per heavy atom. The molecule has 0 spiro atoms. The minimum atomic E-state index is 0.286. The lowest BCUT2D eigenvalue weighted by atomic mass is 10.2. The summed E-state index contributed by atoms with van der Waals surface area (Å²) in [4.78, 5) is 15.1. The van der Waals surface area contributed by atoms with Gasteiger partial charge in [0, 0.05) is 31.8 Å². The average molecular weight is 208 g/mol. The van der Waals surface area contributed by atoms with Gasteiger partial charge in [-0.25, -0.2) is 4.98 Å². The zero-order valence-electron chi connectivity index (χ0n) is 9.70. The van der Waals surface area contributed by atoms with E-state index in [1.54, 1.807) is 6.92 Å². The van der Waals surface area contributed by atoms with Crippen LogP contribution in [-0.2, 0) is 17.8 Å². The summed E-state index contributed by atoms with van der Waals surface area (Å²) in [6, 6.07) is 0. The fourth-order valence-electron chi connectivity index (χ4n) is 1.65. The van der Waals surface area contributed by atoms with Gasteiger partial charge in [0.05, 0.1) is 0 Å². The number of hydrogen-bond donors (Lipinski definition) is 0. The molecule has 3 heteroatoms. The number of unbranched alkanes of at least 4 members (excludes halogenated alkanes) is 1. The van der Waals surface area contributed by atoms with Gasteiger partial charge in [0.1, 0.15) is 11.6 Å². The molecule has 1 aromatic heterocycles. The number of aryl methyl sites for hydroxylation is 2. The molecule has 0 bridgehead atoms. The van der Waals surface area contributed by atoms with Gasteiger partial charge in [-0.05, 0) is 26.2 Å². The summed E-state index contributed by atoms with van der Waals surface area (Å²) in [5.41, 5.74) is 0. The van der Waals surface area contributed by atoms with E-state index in [0.717, 1.165) is 32.2 Å². The van der Waals surface area contributed by atoms with E-state index < -0.39 is 0 Å². The van der Waals surface area contributed by atoms with Crippen LogP contribution in [0.3, 0.4) is 0 Å². The van der Waals surface area contributed by atoms with E-state index in [9.17, 15) is 4.79 Å². The van der Waals surface area contributed by atoms with Gasteiger partial charge in [-0.1, -0.05) is 6.92 Å². The summed E-state index contributed by atoms with van der Waals surface area (Å²) in [5.74, 6) is 1.45. The highest BCUT2D eigenvalue weighted by molar-refractivity contribution is 5.75. The minimum Gasteiger partial charge on any atom is -0.335 e. The van der Waals surface area contributed by atoms with Crippen molar-refractivity contribution in [2.45, 2.75) is 52.5 Å². The molecule has 0 saturated heterocycles. The lowest BCUT2D eigenvalue weighted by Crippen LogP contribution is -2.03. The van der Waals surface area contributed by atoms with Crippen LogP contribution in [0.25, 0.3) is 0 Å². The van der Waals surface area contributed by atoms with E-state index in [2.05, 4.69) is 16.5 Å². The van der Waals surface area contributed by atoms with E-state index in [-0.39, 0.29) is 5.78 Å². The highest BCUT2D eigenvalue weighted by Gasteiger charge is 2.01. The molecule has 0 amide bonds. The number of aromatic nitrogens is 2. The van der Waals surface area contributed by atoms with E-state index in [0.29, 0.717) is 6.42 Å². The molecule has 0 fully saturated rings. The molecule has 0 saturated carbocycles. The summed E-state index contributed by atoms with van der Waals surface area (Å²) < 4.78 is 2.20. The van der Waals surface area contributed by atoms with Crippen LogP contribution in [-0.4, -0.2) is 15.3 Å². The molecule has 0 aliphatic heterocycles. The molecule has 3 nitrogen and oxygen atoms in total. The Hall–Kier alpha value is -1.12. The van der Waals surface area contributed by atoms with Crippen molar-refractivity contribution in [3.05, 3.63) is 18.2 Å². The molecular weight excluding hydrogens is 188 g/mol. The average Bonchev–Trinajstić information content (AvgIpc) is 2.61. The van der Waals surface area contributed by atoms with Crippen LogP contribution in [0.5, 0.6) is 0 Å². The van der Waals surface area contributed by atoms with Gasteiger partial charge in [-0.2, -0.15) is 0 Å². The number of imidazole rings is 1. The third kappa shape index (κ3) is 4.28. The quantitative estimate of drug-likeness (QED) is 0.645. The monoisotopic (exact) mass is 208 g/mol. The SMILES string of the molecule is CCCc1nccn1CCCCC(C)=O. The first-order valence-electron chi connectivity index (χ1n) is 5.73. The predicted octanol–water partition coefficient (Wildman–Crippen LogP) is 2.59. The molecule has 1 aromatic rings. The van der Waals surface area contributed by atoms with Gasteiger partial charge < -0.3 is 9.36 Å². The fourth-order valence-corrected chi connectivity index (χ4v) is 1.65. The molecular formula is C12H20N2O. The molecule has 0 aliphatic carbocycles. The summed E-state index contributed by atoms with van der Waals surface area (Å²) in [6.07, 6.45) is 8.81. The Kier molecular flexibility index (Phi) is 5.08. The van der Waals surface area contributed by atoms with Gasteiger partial charge in [0.15, 0.2) is 0 Å². The lowest BCUT2D eigenvalue weighted by molar-refractivity contribution is -0.117. The summed E-state index contributed by atoms with van der Waals surface area (Å²) in [5, 5.41) is 0. The van der Waals surface area contributed by atoms with Crippen LogP contribution >= 0.6 is 0 Å². The number of Topliss-reactive ketones (excluding diaryl/α,β-unsaturated/α-hetero) is 1. The lowest BCUT2D eigenvalue weighted by Gasteiger charge is -2.06. The van der Waals surface area contributed by atoms with Crippen LogP contribution in [0.15, 0.2) is 12.4 Å². The summed E-state index contributed by atoms with van der Waals surface area (Å²) in [7, 11) is 0. The Morgan fingerprint density at radius 3 is 2.93 bits per heavy atom. The third-order valence-corrected chi connectivity index (χ3v) is 2.45. The second-order valence-corrected chi connectivity index (χ2v) is 3.95. The number of carbonyl (C=O) groups is 1. The van der Waals surface area contributed by atoms with Crippen molar-refractivity contribution in [2.24, 2.45) is 0 Å². The van der Waals surface area contributed by atoms with E-state index in [1.807, 2.05) is 12.4 Å². The third-order valence-electron chi connectivity index (χ3n) is 2.45. The normalized spacial score (nSPS) is 10.5. The van der Waals surface area contributed by atoms with E-state index in [1.165, 1.54) is 5.82 Å². The maximum Gasteiger partial charge on any atom is 0.129 e. The molecule has 84 valence electrons. The van der Waals surface area contributed by atoms with Gasteiger partial charge in [0.2, 0.25) is 0 Å². The van der Waals surface area contributed by atoms with Crippen LogP contribution in [0.4, 0.5) is 0 Å². The van der Waals surface area contributed by atoms with Crippen molar-refractivity contribution in [3.8, 4) is 0 Å². The Balaban J connectivity index is 2.30. The first-order chi connectivity index (χ1) is 7.24. The maximum atomic E-state index is 10.8. The predicted molar refractivity (Wildman–Crippen MR) is 60.8 cm³/mol. The molecule has 1 heterocycles. The summed E-state index contributed by atoms with van der Waals surface area (Å²) in [6.45, 7) is 4.80. The number of hydrogen-bond acceptors (Lipinski definition) is 2. The van der Waals surface area contributed by atoms with Crippen molar-refractivity contribution >= 4 is 5.78 Å². The number of nitrogens with zero attached hydrogens (tertiary/aromatic N) is 2. The van der Waals surface area contributed by atoms with Crippen LogP contribution < -0.4 is 0 Å². The zero-order chi connectivity index (χ0) is 11.1. The molecule has 0 radical (unpaired) electrons. The van der Waals surface area contributed by atoms with Crippen molar-refractivity contribution in [3.63, 3.8) is 0 Å². The Morgan fingerprint density at radius 1 is 1.47 bits per heavy atom. The van der Waals surface area contributed by atoms with Gasteiger partial charge >= 0.3 is 0 Å². The van der Waals surface area contributed by atoms with Crippen molar-refractivity contribution in [2.75, 3.05) is 0 Å². The largest absolute Gasteiger partial charge is 0.335 e. The fraction of sp³-hybridized carbons (Fsp3) is 0.667. The van der Waals surface area contributed by atoms with E-state index in [4.69, 9.17) is 0 Å². The van der Waals surface area contributed by atoms with Crippen LogP contribution in [0.2, 0.25) is 0 Å². The topological polar surface area (TPSA) is 34.9 Å². The molecule has 0 N–H and O–H groups in total. The molecule has 0 aromatic carbocycles. The van der Waals surface area contributed by atoms with Crippen molar-refractivity contribution in [1.82, 2.24) is 9.55 Å². The van der Waals surface area contributed by atoms with Crippen LogP contribution in [0.1, 0.15) is 45.4 Å². The number of ketones is 1. The molecule has 1 rings (SSSR count).